The highest BCUT2D eigenvalue weighted by molar-refractivity contribution is 7.32. The number of benzene rings is 3. The quantitative estimate of drug-likeness (QED) is 0.0735. The maximum atomic E-state index is 13.7. The number of nitrogens with one attached hydrogen (secondary N) is 1. The predicted octanol–water partition coefficient (Wildman–Crippen LogP) is 7.38. The molecule has 2 fully saturated rings. The number of aliphatic hydroxyl groups is 1. The lowest BCUT2D eigenvalue weighted by Gasteiger charge is -2.44. The maximum Gasteiger partial charge on any atom is 0.697 e. The number of aromatic nitrogens is 2. The molecule has 0 bridgehead atoms. The van der Waals surface area contributed by atoms with E-state index >= 15 is 0 Å². The molecule has 4 aromatic rings. The third-order valence-corrected chi connectivity index (χ3v) is 22.6. The summed E-state index contributed by atoms with van der Waals surface area (Å²) in [5.41, 5.74) is -0.446. The van der Waals surface area contributed by atoms with Gasteiger partial charge in [-0.1, -0.05) is 131 Å². The highest BCUT2D eigenvalue weighted by Crippen LogP contribution is 2.49. The van der Waals surface area contributed by atoms with Gasteiger partial charge in [-0.15, -0.1) is 4.89 Å². The normalized spacial score (nSPS) is 22.0. The third kappa shape index (κ3) is 11.1. The Morgan fingerprint density at radius 1 is 0.875 bits per heavy atom. The molecule has 3 aliphatic rings. The number of carbonyl (C=O) groups excluding carboxylic acids is 1. The Bertz CT molecular complexity index is 2250. The molecule has 0 radical (unpaired) electrons. The predicted molar refractivity (Wildman–Crippen MR) is 255 cm³/mol. The molecule has 5 atom stereocenters. The number of nitrogens with zero attached hydrogens (tertiary/aromatic N) is 4. The molecule has 3 aromatic carbocycles. The highest BCUT2D eigenvalue weighted by atomic mass is 31.1. The second-order valence-electron chi connectivity index (χ2n) is 19.1. The van der Waals surface area contributed by atoms with Crippen molar-refractivity contribution in [2.75, 3.05) is 31.6 Å². The molecule has 0 aliphatic carbocycles. The summed E-state index contributed by atoms with van der Waals surface area (Å²) in [6.45, 7) is 19.5. The van der Waals surface area contributed by atoms with Crippen LogP contribution in [0.25, 0.3) is 0 Å². The Hall–Kier alpha value is -4.23. The molecule has 3 aliphatic heterocycles. The first kappa shape index (κ1) is 49.2. The van der Waals surface area contributed by atoms with E-state index in [1.165, 1.54) is 63.3 Å². The monoisotopic (exact) mass is 930 g/mol. The van der Waals surface area contributed by atoms with Gasteiger partial charge in [0, 0.05) is 42.4 Å². The number of rotatable bonds is 12. The molecule has 4 heterocycles. The molecule has 2 saturated heterocycles. The van der Waals surface area contributed by atoms with E-state index in [1.54, 1.807) is 30.3 Å². The highest BCUT2D eigenvalue weighted by Gasteiger charge is 2.66. The van der Waals surface area contributed by atoms with Crippen LogP contribution in [0.15, 0.2) is 113 Å². The van der Waals surface area contributed by atoms with Gasteiger partial charge in [0.25, 0.3) is 20.0 Å². The van der Waals surface area contributed by atoms with Crippen LogP contribution in [0.3, 0.4) is 0 Å². The summed E-state index contributed by atoms with van der Waals surface area (Å²) in [4.78, 5) is 47.9. The second kappa shape index (κ2) is 20.5. The van der Waals surface area contributed by atoms with Crippen LogP contribution >= 0.6 is 8.25 Å². The first-order chi connectivity index (χ1) is 30.3. The van der Waals surface area contributed by atoms with Crippen LogP contribution in [0.4, 0.5) is 5.82 Å². The van der Waals surface area contributed by atoms with Crippen LogP contribution in [0.5, 0.6) is 0 Å². The van der Waals surface area contributed by atoms with Crippen molar-refractivity contribution in [1.82, 2.24) is 14.5 Å². The number of carbonyl (C=O) groups is 1. The van der Waals surface area contributed by atoms with Crippen molar-refractivity contribution < 1.29 is 37.5 Å². The van der Waals surface area contributed by atoms with Gasteiger partial charge in [-0.25, -0.2) is 4.79 Å². The van der Waals surface area contributed by atoms with Gasteiger partial charge in [0.2, 0.25) is 0 Å². The van der Waals surface area contributed by atoms with Gasteiger partial charge in [0.05, 0.1) is 12.4 Å². The van der Waals surface area contributed by atoms with Crippen molar-refractivity contribution in [3.8, 4) is 0 Å². The molecule has 0 saturated carbocycles. The Balaban J connectivity index is 0.000000533. The summed E-state index contributed by atoms with van der Waals surface area (Å²) in [6.07, 6.45) is 3.72. The number of amidine groups is 1. The van der Waals surface area contributed by atoms with Gasteiger partial charge < -0.3 is 28.9 Å². The van der Waals surface area contributed by atoms with Crippen molar-refractivity contribution in [3.05, 3.63) is 119 Å². The van der Waals surface area contributed by atoms with Crippen LogP contribution in [0.2, 0.25) is 23.2 Å². The van der Waals surface area contributed by atoms with Gasteiger partial charge in [0.1, 0.15) is 11.9 Å². The number of fused-ring (bicyclic) bond motifs is 1. The first-order valence-electron chi connectivity index (χ1n) is 22.2. The summed E-state index contributed by atoms with van der Waals surface area (Å²) in [5.74, 6) is -1.63. The first-order valence-corrected chi connectivity index (χ1v) is 28.1. The molecule has 1 unspecified atom stereocenters. The van der Waals surface area contributed by atoms with Crippen molar-refractivity contribution in [3.63, 3.8) is 0 Å². The summed E-state index contributed by atoms with van der Waals surface area (Å²) in [5, 5.41) is 16.2. The molecule has 64 heavy (non-hydrogen) atoms. The summed E-state index contributed by atoms with van der Waals surface area (Å²) < 4.78 is 39.5. The number of anilines is 1. The van der Waals surface area contributed by atoms with E-state index in [0.717, 1.165) is 21.5 Å². The fraction of sp³-hybridized carbons (Fsp3) is 0.489. The van der Waals surface area contributed by atoms with Crippen LogP contribution < -0.4 is 21.4 Å². The third-order valence-electron chi connectivity index (χ3n) is 12.7. The molecular formula is C47H65N5O9PSi2+. The Morgan fingerprint density at radius 3 is 2.03 bits per heavy atom. The summed E-state index contributed by atoms with van der Waals surface area (Å²) >= 11 is 0. The zero-order valence-corrected chi connectivity index (χ0v) is 41.3. The van der Waals surface area contributed by atoms with Gasteiger partial charge >= 0.3 is 13.9 Å². The number of aliphatic imine (C=N–C) groups is 1. The average Bonchev–Trinajstić information content (AvgIpc) is 3.37. The van der Waals surface area contributed by atoms with Gasteiger partial charge in [-0.2, -0.15) is 4.98 Å². The molecule has 1 amide bonds. The molecule has 344 valence electrons. The topological polar surface area (TPSA) is 174 Å². The Kier molecular flexibility index (Phi) is 15.8. The summed E-state index contributed by atoms with van der Waals surface area (Å²) in [6, 6.07) is 29.6. The molecule has 3 N–H and O–H groups in total. The van der Waals surface area contributed by atoms with Crippen LogP contribution in [-0.4, -0.2) is 97.1 Å². The molecule has 1 aromatic heterocycles. The van der Waals surface area contributed by atoms with E-state index in [0.29, 0.717) is 5.56 Å². The fourth-order valence-electron chi connectivity index (χ4n) is 8.32. The van der Waals surface area contributed by atoms with Gasteiger partial charge in [-0.05, 0) is 71.0 Å². The summed E-state index contributed by atoms with van der Waals surface area (Å²) in [7, 11) is -9.44. The minimum Gasteiger partial charge on any atom is -0.405 e. The average molecular weight is 931 g/mol. The molecule has 17 heteroatoms. The largest absolute Gasteiger partial charge is 0.697 e. The number of ether oxygens (including phenoxy) is 1. The van der Waals surface area contributed by atoms with Gasteiger partial charge in [0.15, 0.2) is 20.6 Å². The van der Waals surface area contributed by atoms with Crippen LogP contribution in [0.1, 0.15) is 90.2 Å². The van der Waals surface area contributed by atoms with Crippen molar-refractivity contribution in [2.24, 2.45) is 4.99 Å². The molecule has 0 spiro atoms. The van der Waals surface area contributed by atoms with Crippen LogP contribution in [-0.2, 0) is 22.7 Å². The number of hydrogen-bond acceptors (Lipinski definition) is 11. The minimum absolute atomic E-state index is 0.00326. The lowest BCUT2D eigenvalue weighted by Crippen LogP contribution is -2.67. The van der Waals surface area contributed by atoms with E-state index in [2.05, 4.69) is 41.0 Å². The van der Waals surface area contributed by atoms with E-state index < -0.39 is 70.8 Å². The number of amides is 1. The van der Waals surface area contributed by atoms with Crippen molar-refractivity contribution >= 4 is 52.8 Å². The fourth-order valence-corrected chi connectivity index (χ4v) is 14.6. The molecular weight excluding hydrogens is 866 g/mol. The lowest BCUT2D eigenvalue weighted by atomic mass is 10.1. The van der Waals surface area contributed by atoms with Gasteiger partial charge in [-0.3, -0.25) is 14.4 Å². The minimum atomic E-state index is -3.40. The van der Waals surface area contributed by atoms with Crippen LogP contribution in [0, 0.1) is 0 Å². The molecule has 7 rings (SSSR count). The Labute approximate surface area is 380 Å². The SMILES string of the molecule is C1CCC2=NCCCN2CC1.CC(C)(C)[Si](C)(C)O[C@H]1[C@H](n2ccc(NC(=O)c3ccccc3)nc2=O)O[C@H](CO[Si](c2ccccc2)(c2ccccc2)C(C)(C)C)[C@@]1(O)O[P+](=O)O. The van der Waals surface area contributed by atoms with E-state index in [1.807, 2.05) is 94.5 Å². The molecule has 14 nitrogen and oxygen atoms in total. The zero-order chi connectivity index (χ0) is 46.3. The lowest BCUT2D eigenvalue weighted by molar-refractivity contribution is -0.212. The van der Waals surface area contributed by atoms with E-state index in [-0.39, 0.29) is 12.4 Å². The van der Waals surface area contributed by atoms with Crippen molar-refractivity contribution in [1.29, 1.82) is 0 Å². The smallest absolute Gasteiger partial charge is 0.405 e. The Morgan fingerprint density at radius 2 is 1.47 bits per heavy atom. The second-order valence-corrected chi connectivity index (χ2v) is 28.9. The van der Waals surface area contributed by atoms with E-state index in [4.69, 9.17) is 18.1 Å². The van der Waals surface area contributed by atoms with Crippen molar-refractivity contribution in [2.45, 2.75) is 121 Å². The number of hydrogen-bond donors (Lipinski definition) is 3. The van der Waals surface area contributed by atoms with E-state index in [9.17, 15) is 24.2 Å². The zero-order valence-electron chi connectivity index (χ0n) is 38.4. The maximum absolute atomic E-state index is 13.7. The standard InChI is InChI=1S/C38H48N3O9PSi2.C9H16N2/c1-36(2,3)52(7,8)49-32-34(41-25-24-31(40-35(41)43)39-33(42)27-18-12-9-13-19-27)48-30(38(32,44)50-51(45)46)26-47-53(37(4,5)6,28-20-14-10-15-21-28)29-22-16-11-17-23-29;1-2-5-9-10-6-4-8-11(9)7-3-1/h9-25,30,32,34,44H,26H2,1-8H3,(H-,39,40,42,43,45,46);1-8H2/p+1/t30-,32+,34-,38-;/m1./s1.